The lowest BCUT2D eigenvalue weighted by Crippen LogP contribution is -1.90. The highest BCUT2D eigenvalue weighted by atomic mass is 19.1. The molecular weight excluding hydrogens is 208 g/mol. The molecule has 1 nitrogen and oxygen atoms in total. The van der Waals surface area contributed by atoms with Crippen LogP contribution in [-0.2, 0) is 0 Å². The van der Waals surface area contributed by atoms with Gasteiger partial charge in [0.2, 0.25) is 0 Å². The molecule has 0 aromatic heterocycles. The van der Waals surface area contributed by atoms with Crippen molar-refractivity contribution in [2.45, 2.75) is 0 Å². The van der Waals surface area contributed by atoms with Gasteiger partial charge in [-0.05, 0) is 35.9 Å². The molecule has 0 heterocycles. The molecule has 1 N–H and O–H groups in total. The summed E-state index contributed by atoms with van der Waals surface area (Å²) in [6.45, 7) is 0. The van der Waals surface area contributed by atoms with E-state index >= 15 is 0 Å². The first-order valence-electron chi connectivity index (χ1n) is 4.94. The van der Waals surface area contributed by atoms with Crippen molar-refractivity contribution in [2.75, 3.05) is 12.4 Å². The van der Waals surface area contributed by atoms with Gasteiger partial charge < -0.3 is 5.32 Å². The van der Waals surface area contributed by atoms with Crippen LogP contribution in [0, 0.1) is 11.6 Å². The Hall–Kier alpha value is -1.90. The van der Waals surface area contributed by atoms with E-state index in [-0.39, 0.29) is 5.56 Å². The van der Waals surface area contributed by atoms with Gasteiger partial charge in [0.25, 0.3) is 0 Å². The zero-order valence-corrected chi connectivity index (χ0v) is 8.80. The number of hydrogen-bond acceptors (Lipinski definition) is 1. The Bertz CT molecular complexity index is 509. The van der Waals surface area contributed by atoms with Gasteiger partial charge in [-0.1, -0.05) is 12.1 Å². The van der Waals surface area contributed by atoms with Crippen LogP contribution in [0.4, 0.5) is 14.5 Å². The van der Waals surface area contributed by atoms with Crippen molar-refractivity contribution in [3.05, 3.63) is 54.1 Å². The number of halogens is 2. The van der Waals surface area contributed by atoms with Gasteiger partial charge in [-0.3, -0.25) is 0 Å². The third-order valence-corrected chi connectivity index (χ3v) is 2.39. The molecule has 0 amide bonds. The summed E-state index contributed by atoms with van der Waals surface area (Å²) in [7, 11) is 1.78. The molecule has 0 spiro atoms. The maximum absolute atomic E-state index is 13.5. The summed E-state index contributed by atoms with van der Waals surface area (Å²) < 4.78 is 26.5. The molecule has 0 atom stereocenters. The van der Waals surface area contributed by atoms with Crippen LogP contribution in [0.15, 0.2) is 42.5 Å². The van der Waals surface area contributed by atoms with E-state index in [9.17, 15) is 8.78 Å². The topological polar surface area (TPSA) is 12.0 Å². The first kappa shape index (κ1) is 10.6. The van der Waals surface area contributed by atoms with Crippen LogP contribution in [0.3, 0.4) is 0 Å². The quantitative estimate of drug-likeness (QED) is 0.812. The second kappa shape index (κ2) is 4.31. The molecule has 0 aliphatic heterocycles. The molecule has 3 heteroatoms. The minimum absolute atomic E-state index is 0.275. The fourth-order valence-corrected chi connectivity index (χ4v) is 1.56. The lowest BCUT2D eigenvalue weighted by atomic mass is 10.0. The monoisotopic (exact) mass is 219 g/mol. The smallest absolute Gasteiger partial charge is 0.131 e. The van der Waals surface area contributed by atoms with Crippen molar-refractivity contribution in [3.8, 4) is 11.1 Å². The maximum Gasteiger partial charge on any atom is 0.131 e. The van der Waals surface area contributed by atoms with Gasteiger partial charge in [0, 0.05) is 18.3 Å². The number of hydrogen-bond donors (Lipinski definition) is 1. The Balaban J connectivity index is 2.53. The summed E-state index contributed by atoms with van der Waals surface area (Å²) in [6.07, 6.45) is 0. The van der Waals surface area contributed by atoms with Gasteiger partial charge >= 0.3 is 0 Å². The molecule has 82 valence electrons. The summed E-state index contributed by atoms with van der Waals surface area (Å²) in [5.74, 6) is -0.860. The predicted octanol–water partition coefficient (Wildman–Crippen LogP) is 3.67. The summed E-state index contributed by atoms with van der Waals surface area (Å²) in [5, 5.41) is 2.95. The summed E-state index contributed by atoms with van der Waals surface area (Å²) in [6, 6.07) is 10.6. The van der Waals surface area contributed by atoms with E-state index in [1.54, 1.807) is 25.2 Å². The van der Waals surface area contributed by atoms with Crippen LogP contribution < -0.4 is 5.32 Å². The number of rotatable bonds is 2. The molecule has 0 fully saturated rings. The standard InChI is InChI=1S/C13H11F2N/c1-16-11-4-2-3-9(7-11)12-8-10(14)5-6-13(12)15/h2-8,16H,1H3. The second-order valence-electron chi connectivity index (χ2n) is 3.45. The first-order valence-corrected chi connectivity index (χ1v) is 4.94. The highest BCUT2D eigenvalue weighted by Gasteiger charge is 2.06. The number of benzene rings is 2. The van der Waals surface area contributed by atoms with E-state index in [4.69, 9.17) is 0 Å². The zero-order chi connectivity index (χ0) is 11.5. The third kappa shape index (κ3) is 2.03. The Morgan fingerprint density at radius 1 is 1.00 bits per heavy atom. The van der Waals surface area contributed by atoms with Crippen molar-refractivity contribution in [2.24, 2.45) is 0 Å². The predicted molar refractivity (Wildman–Crippen MR) is 61.3 cm³/mol. The summed E-state index contributed by atoms with van der Waals surface area (Å²) in [4.78, 5) is 0. The molecule has 16 heavy (non-hydrogen) atoms. The molecule has 2 aromatic carbocycles. The van der Waals surface area contributed by atoms with E-state index in [1.807, 2.05) is 6.07 Å². The van der Waals surface area contributed by atoms with E-state index < -0.39 is 11.6 Å². The first-order chi connectivity index (χ1) is 7.70. The molecule has 0 bridgehead atoms. The van der Waals surface area contributed by atoms with E-state index in [1.165, 1.54) is 6.07 Å². The molecular formula is C13H11F2N. The molecule has 0 aliphatic carbocycles. The largest absolute Gasteiger partial charge is 0.388 e. The Morgan fingerprint density at radius 3 is 2.56 bits per heavy atom. The summed E-state index contributed by atoms with van der Waals surface area (Å²) >= 11 is 0. The van der Waals surface area contributed by atoms with E-state index in [0.717, 1.165) is 17.8 Å². The minimum Gasteiger partial charge on any atom is -0.388 e. The fraction of sp³-hybridized carbons (Fsp3) is 0.0769. The van der Waals surface area contributed by atoms with E-state index in [2.05, 4.69) is 5.32 Å². The fourth-order valence-electron chi connectivity index (χ4n) is 1.56. The minimum atomic E-state index is -0.439. The third-order valence-electron chi connectivity index (χ3n) is 2.39. The van der Waals surface area contributed by atoms with Gasteiger partial charge in [-0.2, -0.15) is 0 Å². The number of anilines is 1. The molecule has 2 rings (SSSR count). The van der Waals surface area contributed by atoms with Crippen LogP contribution in [-0.4, -0.2) is 7.05 Å². The van der Waals surface area contributed by atoms with Crippen LogP contribution in [0.1, 0.15) is 0 Å². The van der Waals surface area contributed by atoms with Crippen molar-refractivity contribution in [1.82, 2.24) is 0 Å². The molecule has 0 aliphatic rings. The molecule has 0 unspecified atom stereocenters. The van der Waals surface area contributed by atoms with E-state index in [0.29, 0.717) is 5.56 Å². The van der Waals surface area contributed by atoms with Crippen molar-refractivity contribution >= 4 is 5.69 Å². The highest BCUT2D eigenvalue weighted by Crippen LogP contribution is 2.25. The van der Waals surface area contributed by atoms with Crippen LogP contribution in [0.25, 0.3) is 11.1 Å². The highest BCUT2D eigenvalue weighted by molar-refractivity contribution is 5.68. The Labute approximate surface area is 92.7 Å². The lowest BCUT2D eigenvalue weighted by Gasteiger charge is -2.06. The molecule has 0 saturated heterocycles. The van der Waals surface area contributed by atoms with Gasteiger partial charge in [0.1, 0.15) is 11.6 Å². The van der Waals surface area contributed by atoms with Crippen LogP contribution in [0.5, 0.6) is 0 Å². The lowest BCUT2D eigenvalue weighted by molar-refractivity contribution is 0.603. The average molecular weight is 219 g/mol. The van der Waals surface area contributed by atoms with Crippen molar-refractivity contribution in [3.63, 3.8) is 0 Å². The number of nitrogens with one attached hydrogen (secondary N) is 1. The van der Waals surface area contributed by atoms with Gasteiger partial charge in [0.05, 0.1) is 0 Å². The molecule has 0 radical (unpaired) electrons. The zero-order valence-electron chi connectivity index (χ0n) is 8.80. The maximum atomic E-state index is 13.5. The van der Waals surface area contributed by atoms with Gasteiger partial charge in [-0.25, -0.2) is 8.78 Å². The SMILES string of the molecule is CNc1cccc(-c2cc(F)ccc2F)c1. The van der Waals surface area contributed by atoms with Crippen LogP contribution >= 0.6 is 0 Å². The summed E-state index contributed by atoms with van der Waals surface area (Å²) in [5.41, 5.74) is 1.79. The second-order valence-corrected chi connectivity index (χ2v) is 3.45. The normalized spacial score (nSPS) is 10.2. The van der Waals surface area contributed by atoms with Crippen molar-refractivity contribution in [1.29, 1.82) is 0 Å². The van der Waals surface area contributed by atoms with Crippen molar-refractivity contribution < 1.29 is 8.78 Å². The Kier molecular flexibility index (Phi) is 2.86. The van der Waals surface area contributed by atoms with Gasteiger partial charge in [-0.15, -0.1) is 0 Å². The molecule has 2 aromatic rings. The Morgan fingerprint density at radius 2 is 1.81 bits per heavy atom. The average Bonchev–Trinajstić information content (AvgIpc) is 2.32. The van der Waals surface area contributed by atoms with Gasteiger partial charge in [0.15, 0.2) is 0 Å². The molecule has 0 saturated carbocycles. The van der Waals surface area contributed by atoms with Crippen LogP contribution in [0.2, 0.25) is 0 Å².